The Labute approximate surface area is 95.0 Å². The fourth-order valence-electron chi connectivity index (χ4n) is 0. The maximum absolute atomic E-state index is 8.36. The third-order valence-corrected chi connectivity index (χ3v) is 0. The quantitative estimate of drug-likeness (QED) is 0.379. The van der Waals surface area contributed by atoms with Crippen molar-refractivity contribution >= 4 is 42.1 Å². The first-order chi connectivity index (χ1) is 1.00. The summed E-state index contributed by atoms with van der Waals surface area (Å²) in [5, 5.41) is 0. The minimum absolute atomic E-state index is 0. The molecule has 0 heterocycles. The predicted molar refractivity (Wildman–Crippen MR) is 12.2 cm³/mol. The summed E-state index contributed by atoms with van der Waals surface area (Å²) in [6.07, 6.45) is 0. The number of rotatable bonds is 0. The minimum atomic E-state index is 0. The minimum Gasteiger partial charge on any atom is 0 e. The summed E-state index contributed by atoms with van der Waals surface area (Å²) in [6, 6.07) is 0. The van der Waals surface area contributed by atoms with Gasteiger partial charge in [0.1, 0.15) is 0 Å². The van der Waals surface area contributed by atoms with Crippen LogP contribution in [0.3, 0.4) is 0 Å². The van der Waals surface area contributed by atoms with Crippen LogP contribution in [-0.4, -0.2) is 42.1 Å². The van der Waals surface area contributed by atoms with Gasteiger partial charge in [-0.05, 0) is 0 Å². The fourth-order valence-corrected chi connectivity index (χ4v) is 0. The first kappa shape index (κ1) is 24.6. The zero-order valence-corrected chi connectivity index (χ0v) is 13.1. The third-order valence-electron chi connectivity index (χ3n) is 0. The first-order valence-corrected chi connectivity index (χ1v) is 1.60. The summed E-state index contributed by atoms with van der Waals surface area (Å²) in [4.78, 5) is 0. The average molecular weight is 522 g/mol. The second kappa shape index (κ2) is 28.2. The molecular formula is AlBiHfOZr. The van der Waals surface area contributed by atoms with E-state index in [-0.39, 0.29) is 94.1 Å². The molecule has 0 aliphatic heterocycles. The predicted octanol–water partition coefficient (Wildman–Crippen LogP) is -0.885. The Balaban J connectivity index is -0.00000000167. The molecule has 0 aliphatic rings. The molecule has 0 saturated heterocycles. The van der Waals surface area contributed by atoms with Crippen molar-refractivity contribution in [1.82, 2.24) is 0 Å². The van der Waals surface area contributed by atoms with Crippen LogP contribution in [0.1, 0.15) is 0 Å². The Bertz CT molecular complexity index is 11.6. The molecule has 0 saturated carbocycles. The molecule has 0 unspecified atom stereocenters. The number of hydrogen-bond acceptors (Lipinski definition) is 1. The molecule has 0 aromatic carbocycles. The Kier molecular flexibility index (Phi) is 138. The van der Waals surface area contributed by atoms with Crippen LogP contribution in [0.5, 0.6) is 0 Å². The van der Waals surface area contributed by atoms with Gasteiger partial charge in [0.05, 0.1) is 0 Å². The van der Waals surface area contributed by atoms with Crippen molar-refractivity contribution in [2.24, 2.45) is 0 Å². The summed E-state index contributed by atoms with van der Waals surface area (Å²) in [7, 11) is 0. The second-order valence-electron chi connectivity index (χ2n) is 0. The Morgan fingerprint density at radius 1 is 1.20 bits per heavy atom. The van der Waals surface area contributed by atoms with E-state index in [4.69, 9.17) is 2.81 Å². The van der Waals surface area contributed by atoms with Crippen molar-refractivity contribution in [2.45, 2.75) is 0 Å². The van der Waals surface area contributed by atoms with Gasteiger partial charge in [-0.2, -0.15) is 0 Å². The van der Waals surface area contributed by atoms with Crippen molar-refractivity contribution in [3.63, 3.8) is 0 Å². The second-order valence-corrected chi connectivity index (χ2v) is 0. The van der Waals surface area contributed by atoms with E-state index in [1.807, 2.05) is 0 Å². The van der Waals surface area contributed by atoms with Crippen molar-refractivity contribution in [3.8, 4) is 0 Å². The van der Waals surface area contributed by atoms with Gasteiger partial charge in [-0.15, -0.1) is 0 Å². The van der Waals surface area contributed by atoms with Crippen LogP contribution in [0.15, 0.2) is 0 Å². The van der Waals surface area contributed by atoms with E-state index in [1.165, 1.54) is 0 Å². The molecule has 1 nitrogen and oxygen atoms in total. The van der Waals surface area contributed by atoms with Crippen molar-refractivity contribution < 1.29 is 54.9 Å². The van der Waals surface area contributed by atoms with Gasteiger partial charge in [-0.25, -0.2) is 0 Å². The molecule has 0 spiro atoms. The zero-order valence-electron chi connectivity index (χ0n) is 2.43. The third kappa shape index (κ3) is 19.5. The van der Waals surface area contributed by atoms with E-state index in [0.29, 0.717) is 0 Å². The molecular weight excluding hydrogens is 522 g/mol. The monoisotopic (exact) mass is 522 g/mol. The van der Waals surface area contributed by atoms with Crippen LogP contribution in [0, 0.1) is 0 Å². The summed E-state index contributed by atoms with van der Waals surface area (Å²) in [5.74, 6) is 0. The van der Waals surface area contributed by atoms with Crippen molar-refractivity contribution in [2.75, 3.05) is 0 Å². The topological polar surface area (TPSA) is 17.1 Å². The van der Waals surface area contributed by atoms with Gasteiger partial charge in [0.2, 0.25) is 0 Å². The molecule has 0 amide bonds. The number of hydrogen-bond donors (Lipinski definition) is 0. The fraction of sp³-hybridized carbons (Fsp3) is 0. The summed E-state index contributed by atoms with van der Waals surface area (Å²) >= 11 is 0.194. The van der Waals surface area contributed by atoms with Crippen LogP contribution < -0.4 is 0 Å². The molecule has 0 atom stereocenters. The Morgan fingerprint density at radius 2 is 1.20 bits per heavy atom. The van der Waals surface area contributed by atoms with E-state index in [9.17, 15) is 0 Å². The van der Waals surface area contributed by atoms with E-state index in [1.54, 1.807) is 0 Å². The molecule has 0 aromatic rings. The Morgan fingerprint density at radius 3 is 1.20 bits per heavy atom. The smallest absolute Gasteiger partial charge is 0 e. The first-order valence-electron chi connectivity index (χ1n) is 0.183. The molecule has 0 N–H and O–H groups in total. The maximum atomic E-state index is 8.36. The molecule has 5 heteroatoms. The molecule has 0 bridgehead atoms. The van der Waals surface area contributed by atoms with Crippen LogP contribution in [0.25, 0.3) is 0 Å². The largest absolute Gasteiger partial charge is 0 e. The SMILES string of the molecule is [Al].[Hf].[O]=[Bi].[Zr]. The van der Waals surface area contributed by atoms with Crippen LogP contribution in [0.4, 0.5) is 0 Å². The molecule has 22 valence electrons. The van der Waals surface area contributed by atoms with Crippen LogP contribution in [0.2, 0.25) is 0 Å². The molecule has 0 fully saturated rings. The summed E-state index contributed by atoms with van der Waals surface area (Å²) in [6.45, 7) is 0. The van der Waals surface area contributed by atoms with Gasteiger partial charge in [0.25, 0.3) is 0 Å². The van der Waals surface area contributed by atoms with Gasteiger partial charge in [-0.3, -0.25) is 0 Å². The molecule has 0 rings (SSSR count). The van der Waals surface area contributed by atoms with Gasteiger partial charge in [0, 0.05) is 69.4 Å². The molecule has 0 aromatic heterocycles. The molecule has 5 heavy (non-hydrogen) atoms. The average Bonchev–Trinajstić information content (AvgIpc) is 1.00. The van der Waals surface area contributed by atoms with Crippen LogP contribution in [-0.2, 0) is 54.9 Å². The van der Waals surface area contributed by atoms with E-state index in [2.05, 4.69) is 0 Å². The van der Waals surface area contributed by atoms with E-state index >= 15 is 0 Å². The summed E-state index contributed by atoms with van der Waals surface area (Å²) < 4.78 is 8.36. The normalized spacial score (nSPS) is 0.800. The summed E-state index contributed by atoms with van der Waals surface area (Å²) in [5.41, 5.74) is 0. The van der Waals surface area contributed by atoms with E-state index in [0.717, 1.165) is 0 Å². The van der Waals surface area contributed by atoms with Crippen molar-refractivity contribution in [3.05, 3.63) is 0 Å². The van der Waals surface area contributed by atoms with Crippen molar-refractivity contribution in [1.29, 1.82) is 0 Å². The van der Waals surface area contributed by atoms with Gasteiger partial charge in [0.15, 0.2) is 0 Å². The van der Waals surface area contributed by atoms with Crippen LogP contribution >= 0.6 is 0 Å². The Hall–Kier alpha value is 2.97. The van der Waals surface area contributed by atoms with Gasteiger partial charge in [-0.1, -0.05) is 0 Å². The molecule has 0 aliphatic carbocycles. The molecule has 4 radical (unpaired) electrons. The zero-order chi connectivity index (χ0) is 2.00. The maximum Gasteiger partial charge on any atom is 0 e. The van der Waals surface area contributed by atoms with E-state index < -0.39 is 0 Å². The standard InChI is InChI=1S/Al.Bi.Hf.O.Zr. The van der Waals surface area contributed by atoms with Gasteiger partial charge >= 0.3 is 27.5 Å². The van der Waals surface area contributed by atoms with Gasteiger partial charge < -0.3 is 0 Å².